The molecule has 2 unspecified atom stereocenters. The van der Waals surface area contributed by atoms with Gasteiger partial charge in [-0.3, -0.25) is 4.79 Å². The molecule has 0 spiro atoms. The summed E-state index contributed by atoms with van der Waals surface area (Å²) < 4.78 is 6.32. The van der Waals surface area contributed by atoms with Crippen LogP contribution in [0.15, 0.2) is 66.7 Å². The first kappa shape index (κ1) is 28.7. The zero-order chi connectivity index (χ0) is 27.7. The van der Waals surface area contributed by atoms with Gasteiger partial charge in [0.1, 0.15) is 6.10 Å². The molecule has 2 aliphatic rings. The van der Waals surface area contributed by atoms with E-state index in [1.54, 1.807) is 0 Å². The summed E-state index contributed by atoms with van der Waals surface area (Å²) in [6, 6.07) is 19.3. The van der Waals surface area contributed by atoms with E-state index in [2.05, 4.69) is 84.4 Å². The fourth-order valence-electron chi connectivity index (χ4n) is 5.96. The van der Waals surface area contributed by atoms with Crippen molar-refractivity contribution < 1.29 is 19.7 Å². The molecule has 4 heteroatoms. The number of allylic oxidation sites excluding steroid dienone is 2. The highest BCUT2D eigenvalue weighted by molar-refractivity contribution is 5.66. The summed E-state index contributed by atoms with van der Waals surface area (Å²) in [5.41, 5.74) is 3.54. The predicted octanol–water partition coefficient (Wildman–Crippen LogP) is 6.63. The van der Waals surface area contributed by atoms with E-state index in [-0.39, 0.29) is 35.7 Å². The lowest BCUT2D eigenvalue weighted by atomic mass is 9.69. The highest BCUT2D eigenvalue weighted by atomic mass is 16.5. The minimum absolute atomic E-state index is 0.0110. The normalized spacial score (nSPS) is 24.9. The van der Waals surface area contributed by atoms with E-state index in [1.807, 2.05) is 19.9 Å². The largest absolute Gasteiger partial charge is 0.481 e. The van der Waals surface area contributed by atoms with Gasteiger partial charge in [-0.25, -0.2) is 0 Å². The van der Waals surface area contributed by atoms with Crippen molar-refractivity contribution in [2.24, 2.45) is 17.8 Å². The van der Waals surface area contributed by atoms with Gasteiger partial charge >= 0.3 is 5.97 Å². The van der Waals surface area contributed by atoms with Gasteiger partial charge in [0.15, 0.2) is 0 Å². The second-order valence-electron chi connectivity index (χ2n) is 10.9. The molecular formula is C35H40O4. The molecular weight excluding hydrogens is 484 g/mol. The number of hydrogen-bond donors (Lipinski definition) is 2. The van der Waals surface area contributed by atoms with Crippen molar-refractivity contribution in [1.82, 2.24) is 0 Å². The number of ether oxygens (including phenoxy) is 1. The molecule has 1 saturated heterocycles. The number of benzene rings is 2. The Hall–Kier alpha value is -3.31. The molecule has 6 atom stereocenters. The lowest BCUT2D eigenvalue weighted by Crippen LogP contribution is -2.39. The zero-order valence-corrected chi connectivity index (χ0v) is 23.1. The SMILES string of the molecule is CCC#CC[C@H](C)[C@H](O)C#C[C@@H]1C2CC(c3ccc(-c4ccccc4)cc3)(CO2)[C@H]1C/C=C/CCCC(=O)O. The average Bonchev–Trinajstić information content (AvgIpc) is 3.52. The van der Waals surface area contributed by atoms with Crippen LogP contribution in [0.2, 0.25) is 0 Å². The summed E-state index contributed by atoms with van der Waals surface area (Å²) in [6.45, 7) is 4.69. The monoisotopic (exact) mass is 524 g/mol. The quantitative estimate of drug-likeness (QED) is 0.208. The van der Waals surface area contributed by atoms with Crippen molar-refractivity contribution in [3.8, 4) is 34.8 Å². The van der Waals surface area contributed by atoms with E-state index in [0.29, 0.717) is 19.4 Å². The number of fused-ring (bicyclic) bond motifs is 2. The van der Waals surface area contributed by atoms with E-state index in [1.165, 1.54) is 16.7 Å². The second-order valence-corrected chi connectivity index (χ2v) is 10.9. The molecule has 2 N–H and O–H groups in total. The van der Waals surface area contributed by atoms with Crippen LogP contribution in [0.25, 0.3) is 11.1 Å². The molecule has 0 radical (unpaired) electrons. The number of aliphatic hydroxyl groups is 1. The van der Waals surface area contributed by atoms with E-state index in [4.69, 9.17) is 9.84 Å². The van der Waals surface area contributed by atoms with Gasteiger partial charge in [-0.15, -0.1) is 11.8 Å². The van der Waals surface area contributed by atoms with Gasteiger partial charge < -0.3 is 14.9 Å². The zero-order valence-electron chi connectivity index (χ0n) is 23.1. The predicted molar refractivity (Wildman–Crippen MR) is 156 cm³/mol. The van der Waals surface area contributed by atoms with Gasteiger partial charge in [-0.05, 0) is 48.3 Å². The first-order valence-corrected chi connectivity index (χ1v) is 14.2. The van der Waals surface area contributed by atoms with Gasteiger partial charge in [-0.2, -0.15) is 0 Å². The van der Waals surface area contributed by atoms with Crippen LogP contribution in [0.1, 0.15) is 64.4 Å². The molecule has 2 bridgehead atoms. The summed E-state index contributed by atoms with van der Waals surface area (Å²) >= 11 is 0. The van der Waals surface area contributed by atoms with E-state index in [0.717, 1.165) is 25.7 Å². The Balaban J connectivity index is 1.56. The van der Waals surface area contributed by atoms with Crippen LogP contribution in [-0.4, -0.2) is 35.0 Å². The lowest BCUT2D eigenvalue weighted by molar-refractivity contribution is -0.137. The number of aliphatic carboxylic acids is 1. The van der Waals surface area contributed by atoms with Crippen molar-refractivity contribution >= 4 is 5.97 Å². The first-order valence-electron chi connectivity index (χ1n) is 14.2. The minimum Gasteiger partial charge on any atom is -0.481 e. The molecule has 1 heterocycles. The summed E-state index contributed by atoms with van der Waals surface area (Å²) in [7, 11) is 0. The standard InChI is InChI=1S/C35H40O4/c1-3-4-8-13-26(2)32(36)23-22-30-31(16-11-5-6-12-17-34(37)38)35(24-33(30)39-25-35)29-20-18-28(19-21-29)27-14-9-7-10-15-27/h5,7,9-11,14-15,18-21,26,30-33,36H,3,6,12-13,16-17,24-25H2,1-2H3,(H,37,38)/b11-5+/t26-,30-,31-,32+,33?,35?/m0/s1. The first-order chi connectivity index (χ1) is 18.9. The summed E-state index contributed by atoms with van der Waals surface area (Å²) in [6.07, 6.45) is 8.42. The van der Waals surface area contributed by atoms with E-state index in [9.17, 15) is 9.90 Å². The summed E-state index contributed by atoms with van der Waals surface area (Å²) in [5, 5.41) is 19.7. The smallest absolute Gasteiger partial charge is 0.303 e. The topological polar surface area (TPSA) is 66.8 Å². The lowest BCUT2D eigenvalue weighted by Gasteiger charge is -2.37. The van der Waals surface area contributed by atoms with Gasteiger partial charge in [0, 0.05) is 30.6 Å². The molecule has 2 aromatic rings. The third-order valence-electron chi connectivity index (χ3n) is 8.21. The van der Waals surface area contributed by atoms with Crippen LogP contribution in [0, 0.1) is 41.4 Å². The molecule has 0 amide bonds. The number of hydrogen-bond acceptors (Lipinski definition) is 3. The maximum atomic E-state index is 10.9. The molecule has 39 heavy (non-hydrogen) atoms. The summed E-state index contributed by atoms with van der Waals surface area (Å²) in [4.78, 5) is 10.9. The number of rotatable bonds is 10. The van der Waals surface area contributed by atoms with Gasteiger partial charge in [0.05, 0.1) is 18.6 Å². The molecule has 2 aromatic carbocycles. The molecule has 4 rings (SSSR count). The van der Waals surface area contributed by atoms with E-state index >= 15 is 0 Å². The van der Waals surface area contributed by atoms with Crippen molar-refractivity contribution in [1.29, 1.82) is 0 Å². The van der Waals surface area contributed by atoms with Crippen LogP contribution in [0.3, 0.4) is 0 Å². The molecule has 1 saturated carbocycles. The number of carboxylic acid groups (broad SMARTS) is 1. The molecule has 4 nitrogen and oxygen atoms in total. The molecule has 204 valence electrons. The Labute approximate surface area is 233 Å². The molecule has 2 fully saturated rings. The average molecular weight is 525 g/mol. The highest BCUT2D eigenvalue weighted by Gasteiger charge is 2.58. The Morgan fingerprint density at radius 2 is 1.85 bits per heavy atom. The van der Waals surface area contributed by atoms with Crippen LogP contribution >= 0.6 is 0 Å². The van der Waals surface area contributed by atoms with E-state index < -0.39 is 12.1 Å². The fourth-order valence-corrected chi connectivity index (χ4v) is 5.96. The second kappa shape index (κ2) is 13.7. The third kappa shape index (κ3) is 7.02. The highest BCUT2D eigenvalue weighted by Crippen LogP contribution is 2.56. The maximum absolute atomic E-state index is 10.9. The Morgan fingerprint density at radius 1 is 1.10 bits per heavy atom. The fraction of sp³-hybridized carbons (Fsp3) is 0.457. The third-order valence-corrected chi connectivity index (χ3v) is 8.21. The van der Waals surface area contributed by atoms with Crippen LogP contribution < -0.4 is 0 Å². The number of aliphatic hydroxyl groups excluding tert-OH is 1. The van der Waals surface area contributed by atoms with Crippen molar-refractivity contribution in [3.63, 3.8) is 0 Å². The Bertz CT molecular complexity index is 1240. The van der Waals surface area contributed by atoms with Crippen LogP contribution in [0.4, 0.5) is 0 Å². The van der Waals surface area contributed by atoms with Crippen molar-refractivity contribution in [3.05, 3.63) is 72.3 Å². The Kier molecular flexibility index (Phi) is 10.0. The minimum atomic E-state index is -0.754. The molecule has 1 aliphatic heterocycles. The molecule has 0 aromatic heterocycles. The number of carboxylic acids is 1. The van der Waals surface area contributed by atoms with Crippen LogP contribution in [-0.2, 0) is 14.9 Å². The van der Waals surface area contributed by atoms with Gasteiger partial charge in [0.25, 0.3) is 0 Å². The van der Waals surface area contributed by atoms with Gasteiger partial charge in [0.2, 0.25) is 0 Å². The maximum Gasteiger partial charge on any atom is 0.303 e. The summed E-state index contributed by atoms with van der Waals surface area (Å²) in [5.74, 6) is 12.3. The van der Waals surface area contributed by atoms with Gasteiger partial charge in [-0.1, -0.05) is 92.4 Å². The van der Waals surface area contributed by atoms with Crippen molar-refractivity contribution in [2.45, 2.75) is 76.4 Å². The van der Waals surface area contributed by atoms with Crippen molar-refractivity contribution in [2.75, 3.05) is 6.61 Å². The van der Waals surface area contributed by atoms with Crippen LogP contribution in [0.5, 0.6) is 0 Å². The number of carbonyl (C=O) groups is 1. The number of unbranched alkanes of at least 4 members (excludes halogenated alkanes) is 1. The molecule has 1 aliphatic carbocycles. The Morgan fingerprint density at radius 3 is 2.56 bits per heavy atom.